The maximum Gasteiger partial charge on any atom is 0.373 e. The van der Waals surface area contributed by atoms with Gasteiger partial charge in [-0.15, -0.1) is 17.0 Å². The van der Waals surface area contributed by atoms with Crippen molar-refractivity contribution in [1.29, 1.82) is 0 Å². The van der Waals surface area contributed by atoms with Gasteiger partial charge in [-0.1, -0.05) is 15.9 Å². The quantitative estimate of drug-likeness (QED) is 0.769. The Morgan fingerprint density at radius 2 is 1.90 bits per heavy atom. The highest BCUT2D eigenvalue weighted by Gasteiger charge is 1.86. The van der Waals surface area contributed by atoms with E-state index in [0.717, 1.165) is 11.8 Å². The largest absolute Gasteiger partial charge is 0.373 e. The van der Waals surface area contributed by atoms with E-state index in [1.165, 1.54) is 0 Å². The van der Waals surface area contributed by atoms with Crippen molar-refractivity contribution < 1.29 is 9.59 Å². The van der Waals surface area contributed by atoms with Gasteiger partial charge in [0.05, 0.1) is 0 Å². The molecule has 0 rings (SSSR count). The molecule has 0 aliphatic heterocycles. The zero-order chi connectivity index (χ0) is 7.70. The van der Waals surface area contributed by atoms with Gasteiger partial charge in [0.25, 0.3) is 0 Å². The number of halogens is 2. The van der Waals surface area contributed by atoms with Crippen molar-refractivity contribution in [2.45, 2.75) is 19.4 Å². The van der Waals surface area contributed by atoms with Crippen LogP contribution in [-0.4, -0.2) is 17.5 Å². The van der Waals surface area contributed by atoms with Crippen LogP contribution in [0.1, 0.15) is 13.3 Å². The second-order valence-electron chi connectivity index (χ2n) is 1.54. The first kappa shape index (κ1) is 16.7. The Morgan fingerprint density at radius 1 is 1.60 bits per heavy atom. The molecule has 62 valence electrons. The van der Waals surface area contributed by atoms with Crippen molar-refractivity contribution in [3.63, 3.8) is 0 Å². The molecular weight excluding hydrogens is 266 g/mol. The number of nitrogens with two attached hydrogens (primary N) is 1. The van der Waals surface area contributed by atoms with E-state index >= 15 is 0 Å². The molecule has 0 aliphatic rings. The van der Waals surface area contributed by atoms with E-state index < -0.39 is 0 Å². The molecular formula is C5H11Br2NO2. The second kappa shape index (κ2) is 16.1. The molecule has 0 spiro atoms. The lowest BCUT2D eigenvalue weighted by Gasteiger charge is -1.95. The summed E-state index contributed by atoms with van der Waals surface area (Å²) in [7, 11) is 0. The summed E-state index contributed by atoms with van der Waals surface area (Å²) in [5.74, 6) is 0. The number of alkyl halides is 1. The topological polar surface area (TPSA) is 60.2 Å². The van der Waals surface area contributed by atoms with Gasteiger partial charge in [0.15, 0.2) is 0 Å². The minimum Gasteiger partial charge on any atom is -0.328 e. The Bertz CT molecular complexity index is 81.7. The van der Waals surface area contributed by atoms with Crippen molar-refractivity contribution >= 4 is 39.1 Å². The van der Waals surface area contributed by atoms with Crippen LogP contribution in [0.5, 0.6) is 0 Å². The maximum atomic E-state index is 8.12. The summed E-state index contributed by atoms with van der Waals surface area (Å²) >= 11 is 3.27. The zero-order valence-electron chi connectivity index (χ0n) is 5.67. The Hall–Kier alpha value is 0.300. The summed E-state index contributed by atoms with van der Waals surface area (Å²) in [5, 5.41) is 1.02. The molecule has 2 N–H and O–H groups in total. The van der Waals surface area contributed by atoms with Crippen LogP contribution in [0.4, 0.5) is 0 Å². The molecule has 0 saturated heterocycles. The van der Waals surface area contributed by atoms with Gasteiger partial charge in [-0.05, 0) is 13.3 Å². The van der Waals surface area contributed by atoms with Gasteiger partial charge in [-0.3, -0.25) is 0 Å². The summed E-state index contributed by atoms with van der Waals surface area (Å²) in [5.41, 5.74) is 5.37. The van der Waals surface area contributed by atoms with Gasteiger partial charge in [-0.25, -0.2) is 0 Å². The van der Waals surface area contributed by atoms with E-state index in [-0.39, 0.29) is 23.1 Å². The van der Waals surface area contributed by atoms with Gasteiger partial charge in [-0.2, -0.15) is 9.59 Å². The lowest BCUT2D eigenvalue weighted by Crippen LogP contribution is -2.14. The predicted octanol–water partition coefficient (Wildman–Crippen LogP) is 1.11. The average Bonchev–Trinajstić information content (AvgIpc) is 1.67. The molecule has 0 fully saturated rings. The highest BCUT2D eigenvalue weighted by molar-refractivity contribution is 9.09. The van der Waals surface area contributed by atoms with Gasteiger partial charge < -0.3 is 5.73 Å². The molecule has 1 atom stereocenters. The Balaban J connectivity index is -0.000000107. The van der Waals surface area contributed by atoms with Crippen LogP contribution in [-0.2, 0) is 9.59 Å². The van der Waals surface area contributed by atoms with Crippen LogP contribution in [0, 0.1) is 0 Å². The highest BCUT2D eigenvalue weighted by Crippen LogP contribution is 1.89. The fourth-order valence-electron chi connectivity index (χ4n) is 0.172. The summed E-state index contributed by atoms with van der Waals surface area (Å²) in [4.78, 5) is 16.2. The first-order chi connectivity index (χ1) is 4.18. The number of carbonyl (C=O) groups excluding carboxylic acids is 2. The SMILES string of the molecule is Br.C[C@@H](N)CCBr.O=C=O. The third kappa shape index (κ3) is 40.6. The average molecular weight is 277 g/mol. The van der Waals surface area contributed by atoms with E-state index in [0.29, 0.717) is 6.04 Å². The Labute approximate surface area is 79.2 Å². The Morgan fingerprint density at radius 3 is 1.90 bits per heavy atom. The van der Waals surface area contributed by atoms with Crippen LogP contribution < -0.4 is 5.73 Å². The molecule has 0 bridgehead atoms. The molecule has 0 aliphatic carbocycles. The molecule has 0 amide bonds. The van der Waals surface area contributed by atoms with Crippen molar-refractivity contribution in [3.8, 4) is 0 Å². The molecule has 0 aromatic heterocycles. The predicted molar refractivity (Wildman–Crippen MR) is 47.4 cm³/mol. The smallest absolute Gasteiger partial charge is 0.328 e. The van der Waals surface area contributed by atoms with Crippen LogP contribution in [0.3, 0.4) is 0 Å². The third-order valence-corrected chi connectivity index (χ3v) is 1.02. The summed E-state index contributed by atoms with van der Waals surface area (Å²) in [6, 6.07) is 0.351. The van der Waals surface area contributed by atoms with E-state index in [1.54, 1.807) is 0 Å². The minimum atomic E-state index is 0. The highest BCUT2D eigenvalue weighted by atomic mass is 79.9. The van der Waals surface area contributed by atoms with E-state index in [9.17, 15) is 0 Å². The molecule has 0 saturated carbocycles. The summed E-state index contributed by atoms with van der Waals surface area (Å²) in [6.45, 7) is 2.00. The van der Waals surface area contributed by atoms with Gasteiger partial charge >= 0.3 is 6.15 Å². The maximum absolute atomic E-state index is 8.12. The van der Waals surface area contributed by atoms with Crippen LogP contribution >= 0.6 is 32.9 Å². The molecule has 0 radical (unpaired) electrons. The summed E-state index contributed by atoms with van der Waals surface area (Å²) in [6.07, 6.45) is 1.32. The van der Waals surface area contributed by atoms with Crippen molar-refractivity contribution in [3.05, 3.63) is 0 Å². The molecule has 10 heavy (non-hydrogen) atoms. The first-order valence-corrected chi connectivity index (χ1v) is 3.62. The normalized spacial score (nSPS) is 9.50. The molecule has 0 aromatic carbocycles. The molecule has 3 nitrogen and oxygen atoms in total. The number of hydrogen-bond donors (Lipinski definition) is 1. The van der Waals surface area contributed by atoms with Crippen LogP contribution in [0.2, 0.25) is 0 Å². The second-order valence-corrected chi connectivity index (χ2v) is 2.33. The third-order valence-electron chi connectivity index (χ3n) is 0.564. The molecule has 0 unspecified atom stereocenters. The molecule has 0 heterocycles. The number of hydrogen-bond acceptors (Lipinski definition) is 3. The van der Waals surface area contributed by atoms with Crippen molar-refractivity contribution in [2.24, 2.45) is 5.73 Å². The lowest BCUT2D eigenvalue weighted by atomic mass is 10.3. The first-order valence-electron chi connectivity index (χ1n) is 2.49. The summed E-state index contributed by atoms with van der Waals surface area (Å²) < 4.78 is 0. The van der Waals surface area contributed by atoms with Gasteiger partial charge in [0, 0.05) is 11.4 Å². The van der Waals surface area contributed by atoms with Crippen molar-refractivity contribution in [2.75, 3.05) is 5.33 Å². The van der Waals surface area contributed by atoms with Gasteiger partial charge in [0.2, 0.25) is 0 Å². The van der Waals surface area contributed by atoms with E-state index in [1.807, 2.05) is 6.92 Å². The van der Waals surface area contributed by atoms with E-state index in [4.69, 9.17) is 15.3 Å². The monoisotopic (exact) mass is 275 g/mol. The van der Waals surface area contributed by atoms with Gasteiger partial charge in [0.1, 0.15) is 0 Å². The zero-order valence-corrected chi connectivity index (χ0v) is 8.97. The fourth-order valence-corrected chi connectivity index (χ4v) is 0.894. The Kier molecular flexibility index (Phi) is 27.0. The minimum absolute atomic E-state index is 0. The lowest BCUT2D eigenvalue weighted by molar-refractivity contribution is -0.191. The van der Waals surface area contributed by atoms with Crippen LogP contribution in [0.15, 0.2) is 0 Å². The standard InChI is InChI=1S/C4H10BrN.CO2.BrH/c1-4(6)2-3-5;2-1-3;/h4H,2-3,6H2,1H3;;1H/t4-;;/m1../s1. The van der Waals surface area contributed by atoms with Crippen molar-refractivity contribution in [1.82, 2.24) is 0 Å². The number of rotatable bonds is 2. The molecule has 0 aromatic rings. The van der Waals surface area contributed by atoms with Crippen LogP contribution in [0.25, 0.3) is 0 Å². The fraction of sp³-hybridized carbons (Fsp3) is 0.800. The molecule has 5 heteroatoms. The van der Waals surface area contributed by atoms with E-state index in [2.05, 4.69) is 15.9 Å².